The highest BCUT2D eigenvalue weighted by Gasteiger charge is 2.26. The Morgan fingerprint density at radius 1 is 1.12 bits per heavy atom. The predicted molar refractivity (Wildman–Crippen MR) is 105 cm³/mol. The number of amides is 1. The number of carbonyl (C=O) groups excluding carboxylic acids is 1. The van der Waals surface area contributed by atoms with E-state index in [1.165, 1.54) is 11.3 Å². The number of likely N-dealkylation sites (N-methyl/N-ethyl adjacent to an activating group) is 1. The molecule has 1 aliphatic heterocycles. The molecule has 5 heteroatoms. The first-order chi connectivity index (χ1) is 12.5. The van der Waals surface area contributed by atoms with E-state index in [0.717, 1.165) is 37.3 Å². The number of rotatable bonds is 5. The van der Waals surface area contributed by atoms with Gasteiger partial charge in [-0.3, -0.25) is 9.69 Å². The Balaban J connectivity index is 1.73. The van der Waals surface area contributed by atoms with Crippen LogP contribution in [-0.4, -0.2) is 60.0 Å². The minimum Gasteiger partial charge on any atom is -0.353 e. The minimum absolute atomic E-state index is 0.0100. The molecule has 0 saturated carbocycles. The maximum Gasteiger partial charge on any atom is 0.251 e. The van der Waals surface area contributed by atoms with E-state index in [4.69, 9.17) is 0 Å². The fourth-order valence-corrected chi connectivity index (χ4v) is 3.73. The number of aromatic nitrogens is 1. The van der Waals surface area contributed by atoms with Gasteiger partial charge in [-0.1, -0.05) is 17.7 Å². The first-order valence-corrected chi connectivity index (χ1v) is 9.35. The fraction of sp³-hybridized carbons (Fsp3) is 0.476. The second-order valence-electron chi connectivity index (χ2n) is 7.43. The maximum absolute atomic E-state index is 12.7. The van der Waals surface area contributed by atoms with E-state index in [9.17, 15) is 4.79 Å². The van der Waals surface area contributed by atoms with Gasteiger partial charge in [-0.25, -0.2) is 0 Å². The quantitative estimate of drug-likeness (QED) is 0.896. The lowest BCUT2D eigenvalue weighted by Crippen LogP contribution is -2.49. The Kier molecular flexibility index (Phi) is 5.79. The van der Waals surface area contributed by atoms with Crippen molar-refractivity contribution in [1.82, 2.24) is 19.7 Å². The third-order valence-corrected chi connectivity index (χ3v) is 5.39. The van der Waals surface area contributed by atoms with E-state index >= 15 is 0 Å². The van der Waals surface area contributed by atoms with E-state index in [1.807, 2.05) is 26.0 Å². The Labute approximate surface area is 156 Å². The SMILES string of the molecule is Cc1ccc(C(=O)NCC(c2cccn2C)N2CCN(C)CC2)c(C)c1. The number of nitrogens with zero attached hydrogens (tertiary/aromatic N) is 3. The Hall–Kier alpha value is -2.11. The van der Waals surface area contributed by atoms with Crippen LogP contribution in [0.1, 0.15) is 33.2 Å². The van der Waals surface area contributed by atoms with Crippen molar-refractivity contribution in [3.63, 3.8) is 0 Å². The van der Waals surface area contributed by atoms with Crippen molar-refractivity contribution in [3.05, 3.63) is 58.9 Å². The Morgan fingerprint density at radius 2 is 1.85 bits per heavy atom. The zero-order valence-corrected chi connectivity index (χ0v) is 16.3. The second kappa shape index (κ2) is 8.06. The highest BCUT2D eigenvalue weighted by molar-refractivity contribution is 5.95. The molecular weight excluding hydrogens is 324 g/mol. The number of hydrogen-bond acceptors (Lipinski definition) is 3. The van der Waals surface area contributed by atoms with Crippen LogP contribution < -0.4 is 5.32 Å². The largest absolute Gasteiger partial charge is 0.353 e. The lowest BCUT2D eigenvalue weighted by Gasteiger charge is -2.38. The number of piperazine rings is 1. The Bertz CT molecular complexity index is 759. The molecule has 26 heavy (non-hydrogen) atoms. The lowest BCUT2D eigenvalue weighted by molar-refractivity contribution is 0.0876. The average Bonchev–Trinajstić information content (AvgIpc) is 3.02. The highest BCUT2D eigenvalue weighted by Crippen LogP contribution is 2.22. The third-order valence-electron chi connectivity index (χ3n) is 5.39. The standard InChI is InChI=1S/C21H30N4O/c1-16-7-8-18(17(2)14-16)21(26)22-15-20(19-6-5-9-24(19)4)25-12-10-23(3)11-13-25/h5-9,14,20H,10-13,15H2,1-4H3,(H,22,26). The van der Waals surface area contributed by atoms with Gasteiger partial charge in [-0.15, -0.1) is 0 Å². The van der Waals surface area contributed by atoms with E-state index < -0.39 is 0 Å². The summed E-state index contributed by atoms with van der Waals surface area (Å²) in [5, 5.41) is 3.18. The first kappa shape index (κ1) is 18.7. The predicted octanol–water partition coefficient (Wildman–Crippen LogP) is 2.36. The summed E-state index contributed by atoms with van der Waals surface area (Å²) in [5.74, 6) is 0.0100. The van der Waals surface area contributed by atoms with Crippen molar-refractivity contribution in [1.29, 1.82) is 0 Å². The monoisotopic (exact) mass is 354 g/mol. The zero-order valence-electron chi connectivity index (χ0n) is 16.3. The van der Waals surface area contributed by atoms with Gasteiger partial charge < -0.3 is 14.8 Å². The summed E-state index contributed by atoms with van der Waals surface area (Å²) in [4.78, 5) is 17.6. The molecule has 0 radical (unpaired) electrons. The molecule has 0 spiro atoms. The zero-order chi connectivity index (χ0) is 18.7. The van der Waals surface area contributed by atoms with Crippen LogP contribution in [0.25, 0.3) is 0 Å². The highest BCUT2D eigenvalue weighted by atomic mass is 16.1. The number of nitrogens with one attached hydrogen (secondary N) is 1. The van der Waals surface area contributed by atoms with Crippen LogP contribution in [-0.2, 0) is 7.05 Å². The van der Waals surface area contributed by atoms with Gasteiger partial charge in [0.15, 0.2) is 0 Å². The van der Waals surface area contributed by atoms with Crippen molar-refractivity contribution < 1.29 is 4.79 Å². The van der Waals surface area contributed by atoms with Crippen molar-refractivity contribution in [2.75, 3.05) is 39.8 Å². The van der Waals surface area contributed by atoms with Crippen LogP contribution in [0.15, 0.2) is 36.5 Å². The molecular formula is C21H30N4O. The van der Waals surface area contributed by atoms with Gasteiger partial charge in [0.05, 0.1) is 6.04 Å². The van der Waals surface area contributed by atoms with Gasteiger partial charge in [0.25, 0.3) is 5.91 Å². The molecule has 5 nitrogen and oxygen atoms in total. The summed E-state index contributed by atoms with van der Waals surface area (Å²) >= 11 is 0. The molecule has 1 atom stereocenters. The smallest absolute Gasteiger partial charge is 0.251 e. The van der Waals surface area contributed by atoms with Crippen molar-refractivity contribution in [2.24, 2.45) is 7.05 Å². The number of aryl methyl sites for hydroxylation is 3. The molecule has 1 saturated heterocycles. The van der Waals surface area contributed by atoms with Crippen molar-refractivity contribution in [3.8, 4) is 0 Å². The van der Waals surface area contributed by atoms with Gasteiger partial charge in [0, 0.05) is 57.2 Å². The molecule has 1 aromatic carbocycles. The molecule has 140 valence electrons. The molecule has 0 bridgehead atoms. The number of carbonyl (C=O) groups is 1. The van der Waals surface area contributed by atoms with Crippen LogP contribution in [0.5, 0.6) is 0 Å². The molecule has 1 aliphatic rings. The summed E-state index contributed by atoms with van der Waals surface area (Å²) in [5.41, 5.74) is 4.21. The van der Waals surface area contributed by atoms with E-state index in [0.29, 0.717) is 6.54 Å². The third kappa shape index (κ3) is 4.17. The molecule has 1 aromatic heterocycles. The number of benzene rings is 1. The molecule has 2 aromatic rings. The fourth-order valence-electron chi connectivity index (χ4n) is 3.73. The van der Waals surface area contributed by atoms with Crippen molar-refractivity contribution >= 4 is 5.91 Å². The van der Waals surface area contributed by atoms with Gasteiger partial charge in [-0.2, -0.15) is 0 Å². The summed E-state index contributed by atoms with van der Waals surface area (Å²) in [7, 11) is 4.24. The van der Waals surface area contributed by atoms with Crippen LogP contribution in [0.3, 0.4) is 0 Å². The van der Waals surface area contributed by atoms with Gasteiger partial charge in [-0.05, 0) is 44.7 Å². The molecule has 1 amide bonds. The summed E-state index contributed by atoms with van der Waals surface area (Å²) < 4.78 is 2.16. The first-order valence-electron chi connectivity index (χ1n) is 9.35. The van der Waals surface area contributed by atoms with Gasteiger partial charge in [0.2, 0.25) is 0 Å². The molecule has 1 fully saturated rings. The van der Waals surface area contributed by atoms with Gasteiger partial charge >= 0.3 is 0 Å². The Morgan fingerprint density at radius 3 is 2.46 bits per heavy atom. The summed E-state index contributed by atoms with van der Waals surface area (Å²) in [6.07, 6.45) is 2.07. The molecule has 1 N–H and O–H groups in total. The molecule has 0 aliphatic carbocycles. The average molecular weight is 354 g/mol. The maximum atomic E-state index is 12.7. The number of hydrogen-bond donors (Lipinski definition) is 1. The van der Waals surface area contributed by atoms with Crippen LogP contribution >= 0.6 is 0 Å². The van der Waals surface area contributed by atoms with Gasteiger partial charge in [0.1, 0.15) is 0 Å². The molecule has 1 unspecified atom stereocenters. The summed E-state index contributed by atoms with van der Waals surface area (Å²) in [6, 6.07) is 10.4. The van der Waals surface area contributed by atoms with Crippen LogP contribution in [0.4, 0.5) is 0 Å². The minimum atomic E-state index is 0.0100. The molecule has 2 heterocycles. The summed E-state index contributed by atoms with van der Waals surface area (Å²) in [6.45, 7) is 8.83. The molecule has 3 rings (SSSR count). The van der Waals surface area contributed by atoms with Crippen LogP contribution in [0.2, 0.25) is 0 Å². The lowest BCUT2D eigenvalue weighted by atomic mass is 10.0. The van der Waals surface area contributed by atoms with E-state index in [1.54, 1.807) is 0 Å². The normalized spacial score (nSPS) is 17.2. The van der Waals surface area contributed by atoms with Crippen molar-refractivity contribution in [2.45, 2.75) is 19.9 Å². The van der Waals surface area contributed by atoms with Crippen LogP contribution in [0, 0.1) is 13.8 Å². The van der Waals surface area contributed by atoms with E-state index in [2.05, 4.69) is 58.2 Å². The van der Waals surface area contributed by atoms with E-state index in [-0.39, 0.29) is 11.9 Å². The topological polar surface area (TPSA) is 40.5 Å². The second-order valence-corrected chi connectivity index (χ2v) is 7.43.